The molecular formula is C33H51NO5. The van der Waals surface area contributed by atoms with Gasteiger partial charge in [-0.2, -0.15) is 0 Å². The lowest BCUT2D eigenvalue weighted by Crippen LogP contribution is -2.24. The molecule has 0 amide bonds. The van der Waals surface area contributed by atoms with E-state index in [9.17, 15) is 15.3 Å². The van der Waals surface area contributed by atoms with Gasteiger partial charge in [0.15, 0.2) is 0 Å². The van der Waals surface area contributed by atoms with Gasteiger partial charge in [0.05, 0.1) is 31.5 Å². The van der Waals surface area contributed by atoms with E-state index in [0.29, 0.717) is 25.5 Å². The van der Waals surface area contributed by atoms with Crippen LogP contribution in [0.3, 0.4) is 0 Å². The Morgan fingerprint density at radius 2 is 1.33 bits per heavy atom. The van der Waals surface area contributed by atoms with Crippen LogP contribution in [-0.4, -0.2) is 41.2 Å². The minimum Gasteiger partial charge on any atom is -0.493 e. The predicted octanol–water partition coefficient (Wildman–Crippen LogP) is 6.48. The smallest absolute Gasteiger partial charge is 0.119 e. The molecule has 0 bridgehead atoms. The third kappa shape index (κ3) is 11.5. The standard InChI is InChI=1S/C17H26O2.C16H25NO3/c1-2-7-17(18)15-10-6-11-16(12-15)19-13-14-8-4-3-5-9-14;17-8-7-16(19)13-4-2-6-15(10-13)20-11-12-3-1-5-14(18)9-12/h6,10-12,14,17-18H,2-5,7-9,13H2,1H3;2,4,6,10,12,14,16,18-19H,1,3,5,7-9,11,17H2/t;12-,14+,16-/m.1/s1. The lowest BCUT2D eigenvalue weighted by Gasteiger charge is -2.25. The summed E-state index contributed by atoms with van der Waals surface area (Å²) in [5.74, 6) is 2.83. The lowest BCUT2D eigenvalue weighted by molar-refractivity contribution is 0.0809. The van der Waals surface area contributed by atoms with Gasteiger partial charge in [0.25, 0.3) is 0 Å². The molecule has 2 aliphatic rings. The molecule has 2 saturated carbocycles. The number of nitrogens with two attached hydrogens (primary N) is 1. The van der Waals surface area contributed by atoms with Crippen LogP contribution in [0.2, 0.25) is 0 Å². The molecule has 0 heterocycles. The zero-order chi connectivity index (χ0) is 27.9. The summed E-state index contributed by atoms with van der Waals surface area (Å²) in [4.78, 5) is 0. The quantitative estimate of drug-likeness (QED) is 0.245. The molecule has 2 aliphatic carbocycles. The van der Waals surface area contributed by atoms with Gasteiger partial charge in [0, 0.05) is 0 Å². The van der Waals surface area contributed by atoms with Gasteiger partial charge in [-0.15, -0.1) is 0 Å². The predicted molar refractivity (Wildman–Crippen MR) is 157 cm³/mol. The van der Waals surface area contributed by atoms with Crippen molar-refractivity contribution < 1.29 is 24.8 Å². The molecule has 5 N–H and O–H groups in total. The molecule has 6 nitrogen and oxygen atoms in total. The molecule has 0 aliphatic heterocycles. The van der Waals surface area contributed by atoms with Crippen LogP contribution in [0.5, 0.6) is 11.5 Å². The second-order valence-corrected chi connectivity index (χ2v) is 11.4. The Hall–Kier alpha value is -2.12. The molecule has 0 radical (unpaired) electrons. The minimum atomic E-state index is -0.528. The van der Waals surface area contributed by atoms with E-state index in [0.717, 1.165) is 73.7 Å². The van der Waals surface area contributed by atoms with Gasteiger partial charge in [-0.05, 0) is 98.7 Å². The van der Waals surface area contributed by atoms with Gasteiger partial charge in [0.1, 0.15) is 11.5 Å². The van der Waals surface area contributed by atoms with E-state index in [1.54, 1.807) is 0 Å². The number of aliphatic hydroxyl groups excluding tert-OH is 3. The zero-order valence-electron chi connectivity index (χ0n) is 23.8. The molecule has 218 valence electrons. The van der Waals surface area contributed by atoms with Crippen LogP contribution in [0.25, 0.3) is 0 Å². The molecule has 6 heteroatoms. The SMILES string of the molecule is CCCC(O)c1cccc(OCC2CCCCC2)c1.NCC[C@@H](O)c1cccc(OC[C@@H]2CCC[C@H](O)C2)c1. The summed E-state index contributed by atoms with van der Waals surface area (Å²) in [5.41, 5.74) is 7.28. The molecule has 2 fully saturated rings. The molecular weight excluding hydrogens is 490 g/mol. The van der Waals surface area contributed by atoms with Crippen LogP contribution in [0.1, 0.15) is 107 Å². The van der Waals surface area contributed by atoms with Gasteiger partial charge >= 0.3 is 0 Å². The van der Waals surface area contributed by atoms with Crippen molar-refractivity contribution in [2.24, 2.45) is 17.6 Å². The molecule has 1 unspecified atom stereocenters. The first kappa shape index (κ1) is 31.4. The highest BCUT2D eigenvalue weighted by Crippen LogP contribution is 2.28. The van der Waals surface area contributed by atoms with Crippen molar-refractivity contribution in [3.63, 3.8) is 0 Å². The number of hydrogen-bond donors (Lipinski definition) is 4. The minimum absolute atomic E-state index is 0.171. The highest BCUT2D eigenvalue weighted by Gasteiger charge is 2.21. The normalized spacial score (nSPS) is 21.4. The van der Waals surface area contributed by atoms with Gasteiger partial charge in [0.2, 0.25) is 0 Å². The van der Waals surface area contributed by atoms with Crippen molar-refractivity contribution in [2.75, 3.05) is 19.8 Å². The monoisotopic (exact) mass is 541 g/mol. The Labute approximate surface area is 235 Å². The van der Waals surface area contributed by atoms with Crippen LogP contribution in [-0.2, 0) is 0 Å². The van der Waals surface area contributed by atoms with E-state index in [2.05, 4.69) is 6.92 Å². The fourth-order valence-corrected chi connectivity index (χ4v) is 5.58. The Morgan fingerprint density at radius 1 is 0.769 bits per heavy atom. The summed E-state index contributed by atoms with van der Waals surface area (Å²) in [6, 6.07) is 15.5. The molecule has 4 rings (SSSR count). The number of aliphatic hydroxyl groups is 3. The summed E-state index contributed by atoms with van der Waals surface area (Å²) in [6.45, 7) is 4.01. The van der Waals surface area contributed by atoms with Gasteiger partial charge in [-0.25, -0.2) is 0 Å². The highest BCUT2D eigenvalue weighted by molar-refractivity contribution is 5.30. The fourth-order valence-electron chi connectivity index (χ4n) is 5.58. The van der Waals surface area contributed by atoms with Crippen LogP contribution in [0, 0.1) is 11.8 Å². The number of ether oxygens (including phenoxy) is 2. The number of rotatable bonds is 12. The van der Waals surface area contributed by atoms with Crippen LogP contribution in [0.15, 0.2) is 48.5 Å². The molecule has 2 aromatic rings. The molecule has 0 aromatic heterocycles. The third-order valence-electron chi connectivity index (χ3n) is 7.94. The van der Waals surface area contributed by atoms with Crippen molar-refractivity contribution in [1.29, 1.82) is 0 Å². The fraction of sp³-hybridized carbons (Fsp3) is 0.636. The summed E-state index contributed by atoms with van der Waals surface area (Å²) >= 11 is 0. The van der Waals surface area contributed by atoms with Crippen molar-refractivity contribution in [3.05, 3.63) is 59.7 Å². The topological polar surface area (TPSA) is 105 Å². The van der Waals surface area contributed by atoms with Crippen molar-refractivity contribution in [3.8, 4) is 11.5 Å². The number of hydrogen-bond acceptors (Lipinski definition) is 6. The van der Waals surface area contributed by atoms with Crippen LogP contribution in [0.4, 0.5) is 0 Å². The second-order valence-electron chi connectivity index (χ2n) is 11.4. The Balaban J connectivity index is 0.000000216. The van der Waals surface area contributed by atoms with E-state index in [1.807, 2.05) is 48.5 Å². The highest BCUT2D eigenvalue weighted by atomic mass is 16.5. The van der Waals surface area contributed by atoms with Gasteiger partial charge in [-0.3, -0.25) is 0 Å². The average molecular weight is 542 g/mol. The maximum absolute atomic E-state index is 10.0. The molecule has 4 atom stereocenters. The zero-order valence-corrected chi connectivity index (χ0v) is 23.8. The Bertz CT molecular complexity index is 932. The van der Waals surface area contributed by atoms with Crippen molar-refractivity contribution in [1.82, 2.24) is 0 Å². The van der Waals surface area contributed by atoms with Gasteiger partial charge in [-0.1, -0.05) is 63.3 Å². The number of benzene rings is 2. The molecule has 0 spiro atoms. The first-order valence-corrected chi connectivity index (χ1v) is 15.2. The molecule has 2 aromatic carbocycles. The lowest BCUT2D eigenvalue weighted by atomic mass is 9.88. The Kier molecular flexibility index (Phi) is 14.1. The van der Waals surface area contributed by atoms with Crippen molar-refractivity contribution in [2.45, 2.75) is 102 Å². The van der Waals surface area contributed by atoms with Gasteiger partial charge < -0.3 is 30.5 Å². The maximum Gasteiger partial charge on any atom is 0.119 e. The second kappa shape index (κ2) is 17.5. The average Bonchev–Trinajstić information content (AvgIpc) is 2.96. The summed E-state index contributed by atoms with van der Waals surface area (Å²) < 4.78 is 11.7. The Morgan fingerprint density at radius 3 is 1.90 bits per heavy atom. The first-order chi connectivity index (χ1) is 19.0. The van der Waals surface area contributed by atoms with E-state index in [4.69, 9.17) is 15.2 Å². The van der Waals surface area contributed by atoms with E-state index in [-0.39, 0.29) is 12.2 Å². The van der Waals surface area contributed by atoms with E-state index in [1.165, 1.54) is 32.1 Å². The third-order valence-corrected chi connectivity index (χ3v) is 7.94. The molecule has 39 heavy (non-hydrogen) atoms. The van der Waals surface area contributed by atoms with E-state index < -0.39 is 6.10 Å². The maximum atomic E-state index is 10.0. The van der Waals surface area contributed by atoms with Crippen LogP contribution >= 0.6 is 0 Å². The summed E-state index contributed by atoms with van der Waals surface area (Å²) in [7, 11) is 0. The largest absolute Gasteiger partial charge is 0.493 e. The summed E-state index contributed by atoms with van der Waals surface area (Å²) in [5, 5.41) is 29.6. The first-order valence-electron chi connectivity index (χ1n) is 15.2. The van der Waals surface area contributed by atoms with E-state index >= 15 is 0 Å². The van der Waals surface area contributed by atoms with Crippen LogP contribution < -0.4 is 15.2 Å². The molecule has 0 saturated heterocycles. The van der Waals surface area contributed by atoms with Crippen molar-refractivity contribution >= 4 is 0 Å². The summed E-state index contributed by atoms with van der Waals surface area (Å²) in [6.07, 6.45) is 11.9.